The normalized spacial score (nSPS) is 11.5. The highest BCUT2D eigenvalue weighted by molar-refractivity contribution is 5.49. The molecule has 1 aromatic carbocycles. The Balaban J connectivity index is 2.95. The maximum atomic E-state index is 12.5. The number of hydrogen-bond acceptors (Lipinski definition) is 1. The molecule has 84 valence electrons. The molecule has 0 heterocycles. The topological polar surface area (TPSA) is 12.0 Å². The number of nitrogens with one attached hydrogen (secondary N) is 1. The van der Waals surface area contributed by atoms with Crippen LogP contribution >= 0.6 is 0 Å². The molecule has 4 heteroatoms. The van der Waals surface area contributed by atoms with Crippen LogP contribution < -0.4 is 5.32 Å². The summed E-state index contributed by atoms with van der Waals surface area (Å²) in [5.74, 6) is 0. The molecule has 0 aromatic heterocycles. The van der Waals surface area contributed by atoms with Gasteiger partial charge in [0.2, 0.25) is 0 Å². The van der Waals surface area contributed by atoms with Crippen LogP contribution in [0.1, 0.15) is 24.5 Å². The molecule has 0 aliphatic rings. The fourth-order valence-electron chi connectivity index (χ4n) is 1.31. The average molecular weight is 217 g/mol. The molecule has 1 N–H and O–H groups in total. The maximum Gasteiger partial charge on any atom is 0.416 e. The molecule has 0 unspecified atom stereocenters. The Hall–Kier alpha value is -1.19. The van der Waals surface area contributed by atoms with Crippen molar-refractivity contribution in [2.24, 2.45) is 0 Å². The number of benzene rings is 1. The van der Waals surface area contributed by atoms with Gasteiger partial charge in [-0.1, -0.05) is 13.0 Å². The molecule has 0 saturated heterocycles. The lowest BCUT2D eigenvalue weighted by Crippen LogP contribution is -2.09. The van der Waals surface area contributed by atoms with Gasteiger partial charge < -0.3 is 5.32 Å². The van der Waals surface area contributed by atoms with E-state index >= 15 is 0 Å². The van der Waals surface area contributed by atoms with Crippen molar-refractivity contribution in [1.29, 1.82) is 0 Å². The first-order valence-electron chi connectivity index (χ1n) is 4.87. The summed E-state index contributed by atoms with van der Waals surface area (Å²) in [4.78, 5) is 0. The zero-order valence-corrected chi connectivity index (χ0v) is 8.78. The molecule has 0 saturated carbocycles. The minimum Gasteiger partial charge on any atom is -0.385 e. The molecule has 0 aliphatic heterocycles. The van der Waals surface area contributed by atoms with Gasteiger partial charge in [0.1, 0.15) is 0 Å². The molecule has 15 heavy (non-hydrogen) atoms. The van der Waals surface area contributed by atoms with Crippen molar-refractivity contribution in [2.75, 3.05) is 11.9 Å². The van der Waals surface area contributed by atoms with Gasteiger partial charge in [0.15, 0.2) is 0 Å². The summed E-state index contributed by atoms with van der Waals surface area (Å²) in [5, 5.41) is 2.93. The minimum absolute atomic E-state index is 0.254. The third-order valence-corrected chi connectivity index (χ3v) is 2.12. The molecule has 0 radical (unpaired) electrons. The van der Waals surface area contributed by atoms with Gasteiger partial charge in [-0.2, -0.15) is 13.2 Å². The molecule has 0 aliphatic carbocycles. The summed E-state index contributed by atoms with van der Waals surface area (Å²) in [6, 6.07) is 4.31. The molecule has 0 bridgehead atoms. The zero-order valence-electron chi connectivity index (χ0n) is 8.78. The first-order valence-corrected chi connectivity index (χ1v) is 4.87. The fourth-order valence-corrected chi connectivity index (χ4v) is 1.31. The second-order valence-electron chi connectivity index (χ2n) is 3.45. The Bertz CT molecular complexity index is 331. The summed E-state index contributed by atoms with van der Waals surface area (Å²) in [6.45, 7) is 4.11. The van der Waals surface area contributed by atoms with Crippen molar-refractivity contribution in [3.63, 3.8) is 0 Å². The Morgan fingerprint density at radius 3 is 2.47 bits per heavy atom. The van der Waals surface area contributed by atoms with Gasteiger partial charge in [0.25, 0.3) is 0 Å². The quantitative estimate of drug-likeness (QED) is 0.811. The molecule has 1 aromatic rings. The molecule has 1 rings (SSSR count). The SMILES string of the molecule is CCCNc1ccc(C)c(C(F)(F)F)c1. The predicted molar refractivity (Wildman–Crippen MR) is 55.0 cm³/mol. The summed E-state index contributed by atoms with van der Waals surface area (Å²) < 4.78 is 37.6. The first-order chi connectivity index (χ1) is 6.95. The van der Waals surface area contributed by atoms with Crippen molar-refractivity contribution in [3.05, 3.63) is 29.3 Å². The van der Waals surface area contributed by atoms with E-state index in [4.69, 9.17) is 0 Å². The fraction of sp³-hybridized carbons (Fsp3) is 0.455. The van der Waals surface area contributed by atoms with E-state index in [1.54, 1.807) is 6.07 Å². The summed E-state index contributed by atoms with van der Waals surface area (Å²) >= 11 is 0. The summed E-state index contributed by atoms with van der Waals surface area (Å²) in [5.41, 5.74) is 0.211. The van der Waals surface area contributed by atoms with Gasteiger partial charge in [-0.05, 0) is 31.0 Å². The number of rotatable bonds is 3. The van der Waals surface area contributed by atoms with Crippen molar-refractivity contribution < 1.29 is 13.2 Å². The monoisotopic (exact) mass is 217 g/mol. The number of halogens is 3. The Kier molecular flexibility index (Phi) is 3.61. The minimum atomic E-state index is -4.27. The third kappa shape index (κ3) is 3.15. The van der Waals surface area contributed by atoms with E-state index in [-0.39, 0.29) is 5.56 Å². The van der Waals surface area contributed by atoms with Gasteiger partial charge in [-0.15, -0.1) is 0 Å². The van der Waals surface area contributed by atoms with Crippen LogP contribution in [-0.4, -0.2) is 6.54 Å². The molecule has 0 fully saturated rings. The average Bonchev–Trinajstić information content (AvgIpc) is 2.15. The van der Waals surface area contributed by atoms with Gasteiger partial charge in [0, 0.05) is 12.2 Å². The molecule has 0 amide bonds. The smallest absolute Gasteiger partial charge is 0.385 e. The number of alkyl halides is 3. The molecule has 0 atom stereocenters. The van der Waals surface area contributed by atoms with Crippen LogP contribution in [0.4, 0.5) is 18.9 Å². The Morgan fingerprint density at radius 2 is 1.93 bits per heavy atom. The van der Waals surface area contributed by atoms with Crippen LogP contribution in [-0.2, 0) is 6.18 Å². The summed E-state index contributed by atoms with van der Waals surface area (Å²) in [6.07, 6.45) is -3.39. The van der Waals surface area contributed by atoms with Crippen molar-refractivity contribution in [2.45, 2.75) is 26.4 Å². The van der Waals surface area contributed by atoms with E-state index in [1.165, 1.54) is 13.0 Å². The molecule has 1 nitrogen and oxygen atoms in total. The van der Waals surface area contributed by atoms with Gasteiger partial charge >= 0.3 is 6.18 Å². The van der Waals surface area contributed by atoms with Gasteiger partial charge in [-0.25, -0.2) is 0 Å². The highest BCUT2D eigenvalue weighted by Gasteiger charge is 2.32. The molecular formula is C11H14F3N. The van der Waals surface area contributed by atoms with E-state index in [0.29, 0.717) is 12.2 Å². The molecule has 0 spiro atoms. The van der Waals surface area contributed by atoms with Gasteiger partial charge in [-0.3, -0.25) is 0 Å². The molecular weight excluding hydrogens is 203 g/mol. The maximum absolute atomic E-state index is 12.5. The number of anilines is 1. The van der Waals surface area contributed by atoms with E-state index in [9.17, 15) is 13.2 Å². The lowest BCUT2D eigenvalue weighted by Gasteiger charge is -2.12. The Labute approximate surface area is 87.3 Å². The highest BCUT2D eigenvalue weighted by Crippen LogP contribution is 2.33. The first kappa shape index (κ1) is 11.9. The Morgan fingerprint density at radius 1 is 1.27 bits per heavy atom. The van der Waals surface area contributed by atoms with Crippen molar-refractivity contribution >= 4 is 5.69 Å². The lowest BCUT2D eigenvalue weighted by molar-refractivity contribution is -0.138. The lowest BCUT2D eigenvalue weighted by atomic mass is 10.1. The van der Waals surface area contributed by atoms with Crippen molar-refractivity contribution in [3.8, 4) is 0 Å². The van der Waals surface area contributed by atoms with Crippen LogP contribution in [0, 0.1) is 6.92 Å². The third-order valence-electron chi connectivity index (χ3n) is 2.12. The summed E-state index contributed by atoms with van der Waals surface area (Å²) in [7, 11) is 0. The van der Waals surface area contributed by atoms with E-state index in [0.717, 1.165) is 12.5 Å². The van der Waals surface area contributed by atoms with Crippen LogP contribution in [0.2, 0.25) is 0 Å². The second-order valence-corrected chi connectivity index (χ2v) is 3.45. The van der Waals surface area contributed by atoms with Gasteiger partial charge in [0.05, 0.1) is 5.56 Å². The van der Waals surface area contributed by atoms with Crippen LogP contribution in [0.15, 0.2) is 18.2 Å². The predicted octanol–water partition coefficient (Wildman–Crippen LogP) is 3.84. The van der Waals surface area contributed by atoms with E-state index in [2.05, 4.69) is 5.32 Å². The largest absolute Gasteiger partial charge is 0.416 e. The van der Waals surface area contributed by atoms with Crippen LogP contribution in [0.3, 0.4) is 0 Å². The van der Waals surface area contributed by atoms with Crippen molar-refractivity contribution in [1.82, 2.24) is 0 Å². The van der Waals surface area contributed by atoms with Crippen LogP contribution in [0.25, 0.3) is 0 Å². The highest BCUT2D eigenvalue weighted by atomic mass is 19.4. The standard InChI is InChI=1S/C11H14F3N/c1-3-6-15-9-5-4-8(2)10(7-9)11(12,13)14/h4-5,7,15H,3,6H2,1-2H3. The van der Waals surface area contributed by atoms with E-state index in [1.807, 2.05) is 6.92 Å². The zero-order chi connectivity index (χ0) is 11.5. The number of hydrogen-bond donors (Lipinski definition) is 1. The second kappa shape index (κ2) is 4.55. The number of aryl methyl sites for hydroxylation is 1. The van der Waals surface area contributed by atoms with Crippen LogP contribution in [0.5, 0.6) is 0 Å². The van der Waals surface area contributed by atoms with E-state index < -0.39 is 11.7 Å².